The average molecular weight is 233 g/mol. The van der Waals surface area contributed by atoms with Crippen LogP contribution in [0, 0.1) is 0 Å². The fourth-order valence-electron chi connectivity index (χ4n) is 1.32. The lowest BCUT2D eigenvalue weighted by molar-refractivity contribution is -0.120. The number of nitrogens with two attached hydrogens (primary N) is 1. The highest BCUT2D eigenvalue weighted by Crippen LogP contribution is 2.21. The van der Waals surface area contributed by atoms with Crippen LogP contribution in [0.3, 0.4) is 0 Å². The fourth-order valence-corrected chi connectivity index (χ4v) is 2.12. The Bertz CT molecular complexity index is 481. The molecule has 1 aromatic heterocycles. The van der Waals surface area contributed by atoms with Crippen LogP contribution in [0.2, 0.25) is 0 Å². The van der Waals surface area contributed by atoms with Crippen molar-refractivity contribution in [2.45, 2.75) is 6.42 Å². The number of benzene rings is 1. The number of thiazole rings is 1. The number of nitrogens with zero attached hydrogens (tertiary/aromatic N) is 1. The lowest BCUT2D eigenvalue weighted by Gasteiger charge is -1.95. The van der Waals surface area contributed by atoms with Crippen molar-refractivity contribution in [2.75, 3.05) is 0 Å². The van der Waals surface area contributed by atoms with E-state index in [1.165, 1.54) is 11.3 Å². The Labute approximate surface area is 97.1 Å². The Morgan fingerprint density at radius 2 is 2.12 bits per heavy atom. The number of hydrogen-bond donors (Lipinski definition) is 2. The van der Waals surface area contributed by atoms with Crippen LogP contribution in [0.5, 0.6) is 0 Å². The van der Waals surface area contributed by atoms with Crippen molar-refractivity contribution in [3.05, 3.63) is 40.7 Å². The monoisotopic (exact) mass is 233 g/mol. The maximum absolute atomic E-state index is 11.1. The van der Waals surface area contributed by atoms with Crippen molar-refractivity contribution < 1.29 is 4.79 Å². The van der Waals surface area contributed by atoms with E-state index in [4.69, 9.17) is 5.84 Å². The molecule has 0 radical (unpaired) electrons. The highest BCUT2D eigenvalue weighted by molar-refractivity contribution is 7.10. The van der Waals surface area contributed by atoms with Crippen LogP contribution in [-0.2, 0) is 11.2 Å². The largest absolute Gasteiger partial charge is 0.294 e. The Hall–Kier alpha value is -1.72. The van der Waals surface area contributed by atoms with Crippen LogP contribution < -0.4 is 11.3 Å². The molecule has 16 heavy (non-hydrogen) atoms. The Kier molecular flexibility index (Phi) is 3.28. The van der Waals surface area contributed by atoms with Gasteiger partial charge in [0.2, 0.25) is 5.91 Å². The van der Waals surface area contributed by atoms with Gasteiger partial charge in [-0.1, -0.05) is 30.3 Å². The van der Waals surface area contributed by atoms with Gasteiger partial charge in [0.15, 0.2) is 0 Å². The van der Waals surface area contributed by atoms with E-state index in [1.54, 1.807) is 0 Å². The van der Waals surface area contributed by atoms with Crippen molar-refractivity contribution in [1.82, 2.24) is 10.4 Å². The zero-order valence-corrected chi connectivity index (χ0v) is 9.33. The molecule has 0 atom stereocenters. The highest BCUT2D eigenvalue weighted by Gasteiger charge is 2.07. The molecule has 2 rings (SSSR count). The summed E-state index contributed by atoms with van der Waals surface area (Å²) in [6.45, 7) is 0. The minimum atomic E-state index is -0.228. The Morgan fingerprint density at radius 3 is 2.81 bits per heavy atom. The summed E-state index contributed by atoms with van der Waals surface area (Å²) in [5.74, 6) is 4.79. The summed E-state index contributed by atoms with van der Waals surface area (Å²) < 4.78 is 0. The average Bonchev–Trinajstić information content (AvgIpc) is 2.78. The molecule has 0 fully saturated rings. The first-order valence-corrected chi connectivity index (χ1v) is 5.67. The van der Waals surface area contributed by atoms with Gasteiger partial charge in [-0.15, -0.1) is 11.3 Å². The molecular formula is C11H11N3OS. The van der Waals surface area contributed by atoms with Crippen LogP contribution in [0.25, 0.3) is 11.3 Å². The topological polar surface area (TPSA) is 68.0 Å². The third-order valence-corrected chi connectivity index (χ3v) is 2.94. The smallest absolute Gasteiger partial charge is 0.240 e. The van der Waals surface area contributed by atoms with E-state index in [0.29, 0.717) is 0 Å². The molecule has 0 saturated heterocycles. The molecule has 0 unspecified atom stereocenters. The lowest BCUT2D eigenvalue weighted by Crippen LogP contribution is -2.31. The van der Waals surface area contributed by atoms with E-state index in [2.05, 4.69) is 10.4 Å². The highest BCUT2D eigenvalue weighted by atomic mass is 32.1. The van der Waals surface area contributed by atoms with E-state index in [1.807, 2.05) is 35.7 Å². The fraction of sp³-hybridized carbons (Fsp3) is 0.0909. The van der Waals surface area contributed by atoms with Crippen molar-refractivity contribution >= 4 is 17.2 Å². The first-order chi connectivity index (χ1) is 7.79. The van der Waals surface area contributed by atoms with Gasteiger partial charge in [0.05, 0.1) is 12.1 Å². The van der Waals surface area contributed by atoms with Crippen LogP contribution in [0.1, 0.15) is 5.01 Å². The Balaban J connectivity index is 2.17. The maximum atomic E-state index is 11.1. The SMILES string of the molecule is NNC(=O)Cc1nc(-c2ccccc2)cs1. The second-order valence-corrected chi connectivity index (χ2v) is 4.18. The second-order valence-electron chi connectivity index (χ2n) is 3.24. The number of aromatic nitrogens is 1. The van der Waals surface area contributed by atoms with E-state index < -0.39 is 0 Å². The van der Waals surface area contributed by atoms with Gasteiger partial charge in [0.1, 0.15) is 5.01 Å². The number of hydrogen-bond acceptors (Lipinski definition) is 4. The van der Waals surface area contributed by atoms with Gasteiger partial charge in [0, 0.05) is 10.9 Å². The second kappa shape index (κ2) is 4.87. The molecular weight excluding hydrogens is 222 g/mol. The number of carbonyl (C=O) groups is 1. The quantitative estimate of drug-likeness (QED) is 0.477. The normalized spacial score (nSPS) is 10.1. The molecule has 82 valence electrons. The number of nitrogens with one attached hydrogen (secondary N) is 1. The number of carbonyl (C=O) groups excluding carboxylic acids is 1. The summed E-state index contributed by atoms with van der Waals surface area (Å²) in [7, 11) is 0. The zero-order chi connectivity index (χ0) is 11.4. The zero-order valence-electron chi connectivity index (χ0n) is 8.51. The van der Waals surface area contributed by atoms with Gasteiger partial charge in [-0.25, -0.2) is 10.8 Å². The van der Waals surface area contributed by atoms with Crippen molar-refractivity contribution in [3.8, 4) is 11.3 Å². The molecule has 0 saturated carbocycles. The first kappa shape index (κ1) is 10.8. The standard InChI is InChI=1S/C11H11N3OS/c12-14-10(15)6-11-13-9(7-16-11)8-4-2-1-3-5-8/h1-5,7H,6,12H2,(H,14,15). The molecule has 0 aliphatic rings. The predicted molar refractivity (Wildman–Crippen MR) is 63.6 cm³/mol. The Morgan fingerprint density at radius 1 is 1.38 bits per heavy atom. The number of rotatable bonds is 3. The van der Waals surface area contributed by atoms with E-state index in [-0.39, 0.29) is 12.3 Å². The molecule has 1 aromatic carbocycles. The predicted octanol–water partition coefficient (Wildman–Crippen LogP) is 1.34. The molecule has 0 aliphatic carbocycles. The first-order valence-electron chi connectivity index (χ1n) is 4.79. The molecule has 1 heterocycles. The van der Waals surface area contributed by atoms with Crippen molar-refractivity contribution in [2.24, 2.45) is 5.84 Å². The lowest BCUT2D eigenvalue weighted by atomic mass is 10.2. The summed E-state index contributed by atoms with van der Waals surface area (Å²) in [4.78, 5) is 15.4. The summed E-state index contributed by atoms with van der Waals surface area (Å²) in [5, 5.41) is 2.70. The van der Waals surface area contributed by atoms with Crippen molar-refractivity contribution in [3.63, 3.8) is 0 Å². The van der Waals surface area contributed by atoms with Gasteiger partial charge in [-0.3, -0.25) is 10.2 Å². The van der Waals surface area contributed by atoms with Gasteiger partial charge in [-0.05, 0) is 0 Å². The van der Waals surface area contributed by atoms with Crippen molar-refractivity contribution in [1.29, 1.82) is 0 Å². The van der Waals surface area contributed by atoms with Crippen LogP contribution in [-0.4, -0.2) is 10.9 Å². The molecule has 4 nitrogen and oxygen atoms in total. The number of hydrazine groups is 1. The summed E-state index contributed by atoms with van der Waals surface area (Å²) in [5.41, 5.74) is 4.04. The number of amides is 1. The molecule has 1 amide bonds. The summed E-state index contributed by atoms with van der Waals surface area (Å²) in [6.07, 6.45) is 0.230. The molecule has 0 bridgehead atoms. The maximum Gasteiger partial charge on any atom is 0.240 e. The molecule has 0 spiro atoms. The van der Waals surface area contributed by atoms with Gasteiger partial charge >= 0.3 is 0 Å². The van der Waals surface area contributed by atoms with Gasteiger partial charge < -0.3 is 0 Å². The molecule has 3 N–H and O–H groups in total. The summed E-state index contributed by atoms with van der Waals surface area (Å²) >= 11 is 1.46. The van der Waals surface area contributed by atoms with Gasteiger partial charge in [-0.2, -0.15) is 0 Å². The third-order valence-electron chi connectivity index (χ3n) is 2.09. The third kappa shape index (κ3) is 2.44. The van der Waals surface area contributed by atoms with E-state index in [0.717, 1.165) is 16.3 Å². The van der Waals surface area contributed by atoms with Gasteiger partial charge in [0.25, 0.3) is 0 Å². The van der Waals surface area contributed by atoms with Crippen LogP contribution in [0.4, 0.5) is 0 Å². The van der Waals surface area contributed by atoms with Crippen LogP contribution in [0.15, 0.2) is 35.7 Å². The molecule has 5 heteroatoms. The van der Waals surface area contributed by atoms with E-state index in [9.17, 15) is 4.79 Å². The molecule has 2 aromatic rings. The minimum Gasteiger partial charge on any atom is -0.294 e. The van der Waals surface area contributed by atoms with Crippen LogP contribution >= 0.6 is 11.3 Å². The molecule has 0 aliphatic heterocycles. The summed E-state index contributed by atoms with van der Waals surface area (Å²) in [6, 6.07) is 9.85. The minimum absolute atomic E-state index is 0.228. The van der Waals surface area contributed by atoms with E-state index >= 15 is 0 Å².